The van der Waals surface area contributed by atoms with E-state index in [-0.39, 0.29) is 5.92 Å². The number of aliphatic hydroxyl groups excluding tert-OH is 3. The van der Waals surface area contributed by atoms with Crippen LogP contribution in [0, 0.1) is 5.92 Å². The van der Waals surface area contributed by atoms with Gasteiger partial charge >= 0.3 is 7.82 Å². The van der Waals surface area contributed by atoms with Gasteiger partial charge in [0, 0.05) is 0 Å². The van der Waals surface area contributed by atoms with Gasteiger partial charge in [0.2, 0.25) is 0 Å². The smallest absolute Gasteiger partial charge is 0.388 e. The maximum Gasteiger partial charge on any atom is 0.469 e. The molecule has 5 atom stereocenters. The number of phosphoric acid groups is 1. The quantitative estimate of drug-likeness (QED) is 0.406. The maximum absolute atomic E-state index is 10.6. The fourth-order valence-electron chi connectivity index (χ4n) is 2.45. The van der Waals surface area contributed by atoms with E-state index < -0.39 is 44.9 Å². The normalized spacial score (nSPS) is 41.0. The molecule has 0 radical (unpaired) electrons. The molecule has 0 aromatic rings. The van der Waals surface area contributed by atoms with Crippen LogP contribution in [0.5, 0.6) is 0 Å². The number of rotatable bonds is 4. The van der Waals surface area contributed by atoms with E-state index in [9.17, 15) is 19.9 Å². The van der Waals surface area contributed by atoms with Gasteiger partial charge in [0.15, 0.2) is 0 Å². The molecule has 0 unspecified atom stereocenters. The Hall–Kier alpha value is -0.0500. The molecule has 19 heavy (non-hydrogen) atoms. The highest BCUT2D eigenvalue weighted by Gasteiger charge is 2.47. The molecule has 112 valence electrons. The average Bonchev–Trinajstić information content (AvgIpc) is 2.24. The Kier molecular flexibility index (Phi) is 4.64. The molecule has 5 N–H and O–H groups in total. The molecule has 2 aliphatic rings. The third kappa shape index (κ3) is 3.53. The fourth-order valence-corrected chi connectivity index (χ4v) is 2.79. The van der Waals surface area contributed by atoms with Gasteiger partial charge in [-0.25, -0.2) is 4.57 Å². The second kappa shape index (κ2) is 5.75. The summed E-state index contributed by atoms with van der Waals surface area (Å²) >= 11 is 0. The molecular formula is C10H19O8P. The highest BCUT2D eigenvalue weighted by Crippen LogP contribution is 2.39. The van der Waals surface area contributed by atoms with Gasteiger partial charge in [-0.15, -0.1) is 0 Å². The molecule has 1 saturated heterocycles. The highest BCUT2D eigenvalue weighted by atomic mass is 31.2. The van der Waals surface area contributed by atoms with Gasteiger partial charge in [-0.05, 0) is 18.8 Å². The second-order valence-electron chi connectivity index (χ2n) is 5.09. The van der Waals surface area contributed by atoms with E-state index in [2.05, 4.69) is 4.52 Å². The van der Waals surface area contributed by atoms with Crippen LogP contribution in [0.3, 0.4) is 0 Å². The molecule has 2 rings (SSSR count). The van der Waals surface area contributed by atoms with Crippen molar-refractivity contribution in [2.45, 2.75) is 49.8 Å². The van der Waals surface area contributed by atoms with Crippen molar-refractivity contribution in [1.82, 2.24) is 0 Å². The summed E-state index contributed by atoms with van der Waals surface area (Å²) in [6.45, 7) is -0.543. The van der Waals surface area contributed by atoms with E-state index in [1.165, 1.54) is 0 Å². The minimum Gasteiger partial charge on any atom is -0.388 e. The first kappa shape index (κ1) is 15.3. The molecule has 8 nitrogen and oxygen atoms in total. The first-order valence-electron chi connectivity index (χ1n) is 6.19. The van der Waals surface area contributed by atoms with Gasteiger partial charge < -0.3 is 29.8 Å². The van der Waals surface area contributed by atoms with Crippen molar-refractivity contribution in [3.63, 3.8) is 0 Å². The number of hydrogen-bond donors (Lipinski definition) is 5. The number of hydrogen-bond acceptors (Lipinski definition) is 6. The van der Waals surface area contributed by atoms with Crippen LogP contribution in [-0.2, 0) is 13.8 Å². The standard InChI is InChI=1S/C10H19O8P/c11-7-6(4-17-19(14,15)16)18-10(5-2-1-3-5)9(13)8(7)12/h5-13H,1-4H2,(H2,14,15,16)/t6-,7-,8+,9+,10+/m1/s1. The first-order chi connectivity index (χ1) is 8.79. The van der Waals surface area contributed by atoms with Crippen molar-refractivity contribution in [3.8, 4) is 0 Å². The minimum absolute atomic E-state index is 0.0923. The van der Waals surface area contributed by atoms with E-state index in [4.69, 9.17) is 14.5 Å². The van der Waals surface area contributed by atoms with Gasteiger partial charge in [-0.3, -0.25) is 4.52 Å². The summed E-state index contributed by atoms with van der Waals surface area (Å²) in [6, 6.07) is 0. The molecule has 2 fully saturated rings. The Bertz CT molecular complexity index is 353. The van der Waals surface area contributed by atoms with Crippen LogP contribution in [0.4, 0.5) is 0 Å². The van der Waals surface area contributed by atoms with Crippen LogP contribution in [0.25, 0.3) is 0 Å². The molecule has 0 aromatic carbocycles. The van der Waals surface area contributed by atoms with Gasteiger partial charge in [-0.1, -0.05) is 6.42 Å². The summed E-state index contributed by atoms with van der Waals surface area (Å²) in [7, 11) is -4.67. The van der Waals surface area contributed by atoms with Gasteiger partial charge in [0.25, 0.3) is 0 Å². The minimum atomic E-state index is -4.67. The summed E-state index contributed by atoms with van der Waals surface area (Å²) < 4.78 is 20.4. The first-order valence-corrected chi connectivity index (χ1v) is 7.72. The zero-order chi connectivity index (χ0) is 14.2. The fraction of sp³-hybridized carbons (Fsp3) is 1.00. The lowest BCUT2D eigenvalue weighted by Gasteiger charge is -2.45. The van der Waals surface area contributed by atoms with Gasteiger partial charge in [-0.2, -0.15) is 0 Å². The van der Waals surface area contributed by atoms with Crippen LogP contribution in [0.1, 0.15) is 19.3 Å². The van der Waals surface area contributed by atoms with Crippen LogP contribution in [-0.4, -0.2) is 62.2 Å². The summed E-state index contributed by atoms with van der Waals surface area (Å²) in [6.07, 6.45) is -3.05. The largest absolute Gasteiger partial charge is 0.469 e. The number of aliphatic hydroxyl groups is 3. The van der Waals surface area contributed by atoms with Crippen LogP contribution in [0.15, 0.2) is 0 Å². The Morgan fingerprint density at radius 3 is 2.21 bits per heavy atom. The third-order valence-corrected chi connectivity index (χ3v) is 4.26. The van der Waals surface area contributed by atoms with Crippen molar-refractivity contribution in [1.29, 1.82) is 0 Å². The highest BCUT2D eigenvalue weighted by molar-refractivity contribution is 7.46. The lowest BCUT2D eigenvalue weighted by Crippen LogP contribution is -2.61. The summed E-state index contributed by atoms with van der Waals surface area (Å²) in [5, 5.41) is 29.3. The van der Waals surface area contributed by atoms with Gasteiger partial charge in [0.1, 0.15) is 24.4 Å². The second-order valence-corrected chi connectivity index (χ2v) is 6.33. The number of phosphoric ester groups is 1. The predicted octanol–water partition coefficient (Wildman–Crippen LogP) is -1.25. The molecule has 9 heteroatoms. The predicted molar refractivity (Wildman–Crippen MR) is 62.0 cm³/mol. The van der Waals surface area contributed by atoms with Crippen LogP contribution in [0.2, 0.25) is 0 Å². The maximum atomic E-state index is 10.6. The molecule has 0 aromatic heterocycles. The third-order valence-electron chi connectivity index (χ3n) is 3.77. The number of ether oxygens (including phenoxy) is 1. The van der Waals surface area contributed by atoms with E-state index in [0.717, 1.165) is 19.3 Å². The van der Waals surface area contributed by atoms with Crippen molar-refractivity contribution in [3.05, 3.63) is 0 Å². The van der Waals surface area contributed by atoms with Crippen molar-refractivity contribution in [2.24, 2.45) is 5.92 Å². The Morgan fingerprint density at radius 2 is 1.74 bits per heavy atom. The van der Waals surface area contributed by atoms with E-state index >= 15 is 0 Å². The zero-order valence-corrected chi connectivity index (χ0v) is 11.1. The molecule has 0 amide bonds. The monoisotopic (exact) mass is 298 g/mol. The Balaban J connectivity index is 1.99. The molecule has 1 heterocycles. The Labute approximate surface area is 110 Å². The summed E-state index contributed by atoms with van der Waals surface area (Å²) in [5.74, 6) is 0.0923. The average molecular weight is 298 g/mol. The molecule has 1 aliphatic carbocycles. The van der Waals surface area contributed by atoms with Gasteiger partial charge in [0.05, 0.1) is 12.7 Å². The molecular weight excluding hydrogens is 279 g/mol. The van der Waals surface area contributed by atoms with Crippen molar-refractivity contribution < 1.29 is 38.9 Å². The van der Waals surface area contributed by atoms with E-state index in [1.54, 1.807) is 0 Å². The Morgan fingerprint density at radius 1 is 1.11 bits per heavy atom. The van der Waals surface area contributed by atoms with Crippen LogP contribution < -0.4 is 0 Å². The lowest BCUT2D eigenvalue weighted by molar-refractivity contribution is -0.245. The molecule has 1 saturated carbocycles. The summed E-state index contributed by atoms with van der Waals surface area (Å²) in [4.78, 5) is 17.2. The van der Waals surface area contributed by atoms with Crippen LogP contribution >= 0.6 is 7.82 Å². The summed E-state index contributed by atoms with van der Waals surface area (Å²) in [5.41, 5.74) is 0. The van der Waals surface area contributed by atoms with E-state index in [0.29, 0.717) is 0 Å². The molecule has 0 spiro atoms. The van der Waals surface area contributed by atoms with Crippen molar-refractivity contribution >= 4 is 7.82 Å². The lowest BCUT2D eigenvalue weighted by atomic mass is 9.76. The topological polar surface area (TPSA) is 137 Å². The molecule has 0 bridgehead atoms. The zero-order valence-electron chi connectivity index (χ0n) is 10.2. The van der Waals surface area contributed by atoms with E-state index in [1.807, 2.05) is 0 Å². The van der Waals surface area contributed by atoms with Crippen molar-refractivity contribution in [2.75, 3.05) is 6.61 Å². The molecule has 1 aliphatic heterocycles. The SMILES string of the molecule is O=P(O)(O)OC[C@H]1O[C@@H](C2CCC2)[C@@H](O)[C@@H](O)[C@@H]1O.